The Bertz CT molecular complexity index is 679. The standard InChI is InChI=1S/C14H15N3O4/c1-9(18)16-12-13(17(2)8-15-12)21-11-7-5-4-6-10(11)14(19)20-3/h4-8H,1-3H3,(H,16,18). The molecular formula is C14H15N3O4. The minimum atomic E-state index is -0.506. The SMILES string of the molecule is COC(=O)c1ccccc1Oc1c(NC(C)=O)ncn1C. The zero-order valence-corrected chi connectivity index (χ0v) is 11.9. The number of esters is 1. The Kier molecular flexibility index (Phi) is 4.22. The molecule has 0 aliphatic heterocycles. The summed E-state index contributed by atoms with van der Waals surface area (Å²) in [6.45, 7) is 1.38. The van der Waals surface area contributed by atoms with Crippen molar-refractivity contribution in [3.05, 3.63) is 36.2 Å². The Morgan fingerprint density at radius 2 is 2.00 bits per heavy atom. The minimum Gasteiger partial charge on any atom is -0.465 e. The average Bonchev–Trinajstić information content (AvgIpc) is 2.79. The highest BCUT2D eigenvalue weighted by molar-refractivity contribution is 5.92. The van der Waals surface area contributed by atoms with Gasteiger partial charge in [-0.05, 0) is 12.1 Å². The highest BCUT2D eigenvalue weighted by Crippen LogP contribution is 2.30. The number of aromatic nitrogens is 2. The van der Waals surface area contributed by atoms with Crippen LogP contribution in [0.25, 0.3) is 0 Å². The predicted molar refractivity (Wildman–Crippen MR) is 75.4 cm³/mol. The molecule has 0 atom stereocenters. The molecule has 0 bridgehead atoms. The number of nitrogens with zero attached hydrogens (tertiary/aromatic N) is 2. The number of carbonyl (C=O) groups excluding carboxylic acids is 2. The first kappa shape index (κ1) is 14.6. The summed E-state index contributed by atoms with van der Waals surface area (Å²) in [6, 6.07) is 6.67. The molecule has 1 amide bonds. The lowest BCUT2D eigenvalue weighted by Gasteiger charge is -2.11. The summed E-state index contributed by atoms with van der Waals surface area (Å²) in [6.07, 6.45) is 1.50. The van der Waals surface area contributed by atoms with Gasteiger partial charge in [0.05, 0.1) is 13.4 Å². The van der Waals surface area contributed by atoms with Crippen LogP contribution in [0, 0.1) is 0 Å². The zero-order chi connectivity index (χ0) is 15.4. The third kappa shape index (κ3) is 3.19. The lowest BCUT2D eigenvalue weighted by molar-refractivity contribution is -0.114. The van der Waals surface area contributed by atoms with Gasteiger partial charge in [0.1, 0.15) is 11.3 Å². The summed E-state index contributed by atoms with van der Waals surface area (Å²) in [5, 5.41) is 2.57. The molecule has 7 nitrogen and oxygen atoms in total. The molecule has 110 valence electrons. The maximum atomic E-state index is 11.7. The zero-order valence-electron chi connectivity index (χ0n) is 11.9. The number of carbonyl (C=O) groups is 2. The second-order valence-electron chi connectivity index (χ2n) is 4.28. The number of amides is 1. The molecule has 0 unspecified atom stereocenters. The van der Waals surface area contributed by atoms with Crippen molar-refractivity contribution in [3.63, 3.8) is 0 Å². The number of rotatable bonds is 4. The fourth-order valence-corrected chi connectivity index (χ4v) is 1.73. The number of ether oxygens (including phenoxy) is 2. The van der Waals surface area contributed by atoms with Crippen LogP contribution < -0.4 is 10.1 Å². The van der Waals surface area contributed by atoms with E-state index in [1.807, 2.05) is 0 Å². The fraction of sp³-hybridized carbons (Fsp3) is 0.214. The molecule has 0 fully saturated rings. The summed E-state index contributed by atoms with van der Waals surface area (Å²) >= 11 is 0. The van der Waals surface area contributed by atoms with Crippen LogP contribution in [0.1, 0.15) is 17.3 Å². The number of methoxy groups -OCH3 is 1. The topological polar surface area (TPSA) is 82.4 Å². The van der Waals surface area contributed by atoms with Gasteiger partial charge >= 0.3 is 5.97 Å². The first-order chi connectivity index (χ1) is 10.0. The van der Waals surface area contributed by atoms with Crippen LogP contribution in [0.15, 0.2) is 30.6 Å². The van der Waals surface area contributed by atoms with Crippen LogP contribution in [0.2, 0.25) is 0 Å². The Morgan fingerprint density at radius 3 is 2.67 bits per heavy atom. The maximum Gasteiger partial charge on any atom is 0.341 e. The van der Waals surface area contributed by atoms with Crippen LogP contribution in [0.5, 0.6) is 11.6 Å². The number of para-hydroxylation sites is 1. The van der Waals surface area contributed by atoms with Crippen molar-refractivity contribution in [1.82, 2.24) is 9.55 Å². The van der Waals surface area contributed by atoms with Gasteiger partial charge < -0.3 is 19.4 Å². The average molecular weight is 289 g/mol. The normalized spacial score (nSPS) is 10.0. The minimum absolute atomic E-state index is 0.264. The Labute approximate surface area is 121 Å². The number of nitrogens with one attached hydrogen (secondary N) is 1. The molecule has 0 radical (unpaired) electrons. The number of imidazole rings is 1. The number of hydrogen-bond donors (Lipinski definition) is 1. The van der Waals surface area contributed by atoms with E-state index in [4.69, 9.17) is 9.47 Å². The van der Waals surface area contributed by atoms with Crippen molar-refractivity contribution in [1.29, 1.82) is 0 Å². The molecule has 2 aromatic rings. The van der Waals surface area contributed by atoms with E-state index in [9.17, 15) is 9.59 Å². The summed E-state index contributed by atoms with van der Waals surface area (Å²) < 4.78 is 12.0. The molecular weight excluding hydrogens is 274 g/mol. The molecule has 7 heteroatoms. The number of benzene rings is 1. The van der Waals surface area contributed by atoms with Crippen LogP contribution >= 0.6 is 0 Å². The maximum absolute atomic E-state index is 11.7. The molecule has 0 spiro atoms. The summed E-state index contributed by atoms with van der Waals surface area (Å²) in [5.74, 6) is 0.152. The van der Waals surface area contributed by atoms with E-state index in [1.54, 1.807) is 35.9 Å². The Balaban J connectivity index is 2.37. The van der Waals surface area contributed by atoms with Gasteiger partial charge in [-0.2, -0.15) is 0 Å². The van der Waals surface area contributed by atoms with Gasteiger partial charge in [-0.1, -0.05) is 12.1 Å². The van der Waals surface area contributed by atoms with Crippen molar-refractivity contribution in [3.8, 4) is 11.6 Å². The quantitative estimate of drug-likeness (QED) is 0.870. The van der Waals surface area contributed by atoms with E-state index in [2.05, 4.69) is 10.3 Å². The number of aryl methyl sites for hydroxylation is 1. The molecule has 0 aliphatic carbocycles. The van der Waals surface area contributed by atoms with E-state index in [1.165, 1.54) is 20.4 Å². The molecule has 1 aromatic carbocycles. The lowest BCUT2D eigenvalue weighted by atomic mass is 10.2. The van der Waals surface area contributed by atoms with Crippen molar-refractivity contribution in [2.45, 2.75) is 6.92 Å². The largest absolute Gasteiger partial charge is 0.465 e. The van der Waals surface area contributed by atoms with Crippen LogP contribution in [0.4, 0.5) is 5.82 Å². The Hall–Kier alpha value is -2.83. The molecule has 0 aliphatic rings. The van der Waals surface area contributed by atoms with Crippen molar-refractivity contribution in [2.24, 2.45) is 7.05 Å². The van der Waals surface area contributed by atoms with Crippen LogP contribution in [-0.4, -0.2) is 28.5 Å². The summed E-state index contributed by atoms with van der Waals surface area (Å²) in [4.78, 5) is 26.9. The van der Waals surface area contributed by atoms with Gasteiger partial charge in [0.2, 0.25) is 11.8 Å². The van der Waals surface area contributed by atoms with Gasteiger partial charge in [-0.25, -0.2) is 9.78 Å². The van der Waals surface area contributed by atoms with E-state index in [-0.39, 0.29) is 17.3 Å². The van der Waals surface area contributed by atoms with Gasteiger partial charge in [-0.3, -0.25) is 4.79 Å². The summed E-state index contributed by atoms with van der Waals surface area (Å²) in [7, 11) is 3.01. The Morgan fingerprint density at radius 1 is 1.29 bits per heavy atom. The fourth-order valence-electron chi connectivity index (χ4n) is 1.73. The highest BCUT2D eigenvalue weighted by Gasteiger charge is 2.17. The lowest BCUT2D eigenvalue weighted by Crippen LogP contribution is -2.09. The summed E-state index contributed by atoms with van der Waals surface area (Å²) in [5.41, 5.74) is 0.287. The van der Waals surface area contributed by atoms with Gasteiger partial charge in [0.25, 0.3) is 0 Å². The first-order valence-electron chi connectivity index (χ1n) is 6.17. The van der Waals surface area contributed by atoms with Crippen molar-refractivity contribution >= 4 is 17.7 Å². The molecule has 1 aromatic heterocycles. The number of hydrogen-bond acceptors (Lipinski definition) is 5. The van der Waals surface area contributed by atoms with Gasteiger partial charge in [0, 0.05) is 14.0 Å². The van der Waals surface area contributed by atoms with Gasteiger partial charge in [-0.15, -0.1) is 0 Å². The van der Waals surface area contributed by atoms with E-state index in [0.29, 0.717) is 11.6 Å². The highest BCUT2D eigenvalue weighted by atomic mass is 16.5. The molecule has 0 saturated heterocycles. The van der Waals surface area contributed by atoms with Gasteiger partial charge in [0.15, 0.2) is 5.82 Å². The van der Waals surface area contributed by atoms with E-state index in [0.717, 1.165) is 0 Å². The van der Waals surface area contributed by atoms with Crippen molar-refractivity contribution < 1.29 is 19.1 Å². The molecule has 1 heterocycles. The second-order valence-corrected chi connectivity index (χ2v) is 4.28. The molecule has 21 heavy (non-hydrogen) atoms. The molecule has 0 saturated carbocycles. The molecule has 2 rings (SSSR count). The third-order valence-electron chi connectivity index (χ3n) is 2.68. The van der Waals surface area contributed by atoms with Crippen LogP contribution in [0.3, 0.4) is 0 Å². The molecule has 1 N–H and O–H groups in total. The number of anilines is 1. The van der Waals surface area contributed by atoms with Crippen molar-refractivity contribution in [2.75, 3.05) is 12.4 Å². The monoisotopic (exact) mass is 289 g/mol. The smallest absolute Gasteiger partial charge is 0.341 e. The third-order valence-corrected chi connectivity index (χ3v) is 2.68. The van der Waals surface area contributed by atoms with E-state index >= 15 is 0 Å². The first-order valence-corrected chi connectivity index (χ1v) is 6.17. The second kappa shape index (κ2) is 6.08. The predicted octanol–water partition coefficient (Wildman–Crippen LogP) is 1.96. The van der Waals surface area contributed by atoms with E-state index < -0.39 is 5.97 Å². The van der Waals surface area contributed by atoms with Crippen LogP contribution in [-0.2, 0) is 16.6 Å².